The summed E-state index contributed by atoms with van der Waals surface area (Å²) >= 11 is 0. The Hall–Kier alpha value is -1.74. The fourth-order valence-corrected chi connectivity index (χ4v) is 2.67. The van der Waals surface area contributed by atoms with E-state index in [0.717, 1.165) is 40.8 Å². The Balaban J connectivity index is 2.49. The summed E-state index contributed by atoms with van der Waals surface area (Å²) in [5.74, 6) is -0.525. The quantitative estimate of drug-likeness (QED) is 0.783. The smallest absolute Gasteiger partial charge is 0.123 e. The highest BCUT2D eigenvalue weighted by Crippen LogP contribution is 2.31. The van der Waals surface area contributed by atoms with Gasteiger partial charge in [-0.25, -0.2) is 8.78 Å². The van der Waals surface area contributed by atoms with Crippen LogP contribution in [0.1, 0.15) is 30.0 Å². The normalized spacial score (nSPS) is 10.9. The Kier molecular flexibility index (Phi) is 5.07. The molecule has 1 N–H and O–H groups in total. The van der Waals surface area contributed by atoms with Crippen molar-refractivity contribution in [2.45, 2.75) is 33.7 Å². The number of hydrogen-bond acceptors (Lipinski definition) is 1. The van der Waals surface area contributed by atoms with Gasteiger partial charge in [0.2, 0.25) is 0 Å². The average molecular weight is 289 g/mol. The number of hydrogen-bond donors (Lipinski definition) is 1. The molecule has 21 heavy (non-hydrogen) atoms. The molecule has 2 rings (SSSR count). The first-order chi connectivity index (χ1) is 10.0. The molecule has 0 radical (unpaired) electrons. The maximum atomic E-state index is 13.7. The van der Waals surface area contributed by atoms with Gasteiger partial charge in [0, 0.05) is 6.54 Å². The van der Waals surface area contributed by atoms with Crippen LogP contribution in [0, 0.1) is 25.5 Å². The van der Waals surface area contributed by atoms with Crippen LogP contribution < -0.4 is 5.32 Å². The van der Waals surface area contributed by atoms with Crippen molar-refractivity contribution in [2.75, 3.05) is 6.54 Å². The van der Waals surface area contributed by atoms with Crippen molar-refractivity contribution in [3.8, 4) is 11.1 Å². The first kappa shape index (κ1) is 15.6. The van der Waals surface area contributed by atoms with E-state index in [0.29, 0.717) is 6.54 Å². The van der Waals surface area contributed by atoms with Crippen molar-refractivity contribution in [3.05, 3.63) is 58.7 Å². The Morgan fingerprint density at radius 2 is 1.62 bits per heavy atom. The molecule has 2 aromatic carbocycles. The molecule has 0 unspecified atom stereocenters. The van der Waals surface area contributed by atoms with Crippen LogP contribution in [-0.2, 0) is 6.54 Å². The van der Waals surface area contributed by atoms with Crippen molar-refractivity contribution >= 4 is 0 Å². The molecule has 0 aliphatic carbocycles. The number of halogens is 2. The molecule has 0 aromatic heterocycles. The Bertz CT molecular complexity index is 612. The van der Waals surface area contributed by atoms with Gasteiger partial charge < -0.3 is 5.32 Å². The van der Waals surface area contributed by atoms with Gasteiger partial charge in [-0.2, -0.15) is 0 Å². The zero-order valence-electron chi connectivity index (χ0n) is 12.8. The fourth-order valence-electron chi connectivity index (χ4n) is 2.67. The van der Waals surface area contributed by atoms with Gasteiger partial charge >= 0.3 is 0 Å². The van der Waals surface area contributed by atoms with Crippen molar-refractivity contribution in [2.24, 2.45) is 0 Å². The lowest BCUT2D eigenvalue weighted by Crippen LogP contribution is -2.14. The third-order valence-corrected chi connectivity index (χ3v) is 3.58. The third-order valence-electron chi connectivity index (χ3n) is 3.58. The first-order valence-corrected chi connectivity index (χ1v) is 7.29. The molecule has 0 fully saturated rings. The standard InChI is InChI=1S/C18H21F2N/c1-4-7-21-11-14-5-6-15(19)10-17(14)18-12(2)8-16(20)9-13(18)3/h5-6,8-10,21H,4,7,11H2,1-3H3. The second-order valence-corrected chi connectivity index (χ2v) is 5.39. The van der Waals surface area contributed by atoms with Gasteiger partial charge in [-0.15, -0.1) is 0 Å². The lowest BCUT2D eigenvalue weighted by Gasteiger charge is -2.15. The third kappa shape index (κ3) is 3.67. The lowest BCUT2D eigenvalue weighted by molar-refractivity contribution is 0.624. The van der Waals surface area contributed by atoms with Crippen LogP contribution in [0.4, 0.5) is 8.78 Å². The van der Waals surface area contributed by atoms with Crippen LogP contribution in [0.25, 0.3) is 11.1 Å². The van der Waals surface area contributed by atoms with E-state index in [2.05, 4.69) is 12.2 Å². The van der Waals surface area contributed by atoms with Gasteiger partial charge in [-0.05, 0) is 78.9 Å². The minimum absolute atomic E-state index is 0.254. The fraction of sp³-hybridized carbons (Fsp3) is 0.333. The zero-order chi connectivity index (χ0) is 15.4. The summed E-state index contributed by atoms with van der Waals surface area (Å²) in [6.07, 6.45) is 1.05. The molecular formula is C18H21F2N. The average Bonchev–Trinajstić information content (AvgIpc) is 2.40. The summed E-state index contributed by atoms with van der Waals surface area (Å²) in [6, 6.07) is 7.80. The van der Waals surface area contributed by atoms with Crippen LogP contribution in [0.3, 0.4) is 0 Å². The number of aryl methyl sites for hydroxylation is 2. The monoisotopic (exact) mass is 289 g/mol. The molecule has 2 aromatic rings. The Labute approximate surface area is 125 Å². The van der Waals surface area contributed by atoms with Gasteiger partial charge in [0.25, 0.3) is 0 Å². The van der Waals surface area contributed by atoms with E-state index in [1.807, 2.05) is 13.8 Å². The second-order valence-electron chi connectivity index (χ2n) is 5.39. The molecule has 0 aliphatic heterocycles. The van der Waals surface area contributed by atoms with Crippen LogP contribution in [-0.4, -0.2) is 6.54 Å². The van der Waals surface area contributed by atoms with Crippen molar-refractivity contribution < 1.29 is 8.78 Å². The van der Waals surface area contributed by atoms with Crippen LogP contribution in [0.15, 0.2) is 30.3 Å². The van der Waals surface area contributed by atoms with Gasteiger partial charge in [0.15, 0.2) is 0 Å². The maximum absolute atomic E-state index is 13.7. The van der Waals surface area contributed by atoms with Crippen LogP contribution >= 0.6 is 0 Å². The van der Waals surface area contributed by atoms with E-state index in [4.69, 9.17) is 0 Å². The summed E-state index contributed by atoms with van der Waals surface area (Å²) in [5.41, 5.74) is 4.45. The molecule has 112 valence electrons. The topological polar surface area (TPSA) is 12.0 Å². The summed E-state index contributed by atoms with van der Waals surface area (Å²) < 4.78 is 27.1. The molecule has 0 saturated carbocycles. The highest BCUT2D eigenvalue weighted by Gasteiger charge is 2.12. The molecule has 0 aliphatic rings. The van der Waals surface area contributed by atoms with E-state index in [9.17, 15) is 8.78 Å². The van der Waals surface area contributed by atoms with Gasteiger partial charge in [-0.1, -0.05) is 13.0 Å². The summed E-state index contributed by atoms with van der Waals surface area (Å²) in [6.45, 7) is 7.42. The SMILES string of the molecule is CCCNCc1ccc(F)cc1-c1c(C)cc(F)cc1C. The predicted octanol–water partition coefficient (Wildman–Crippen LogP) is 4.75. The highest BCUT2D eigenvalue weighted by molar-refractivity contribution is 5.73. The van der Waals surface area contributed by atoms with Crippen LogP contribution in [0.5, 0.6) is 0 Å². The minimum atomic E-state index is -0.271. The Morgan fingerprint density at radius 1 is 0.952 bits per heavy atom. The summed E-state index contributed by atoms with van der Waals surface area (Å²) in [4.78, 5) is 0. The second kappa shape index (κ2) is 6.81. The number of rotatable bonds is 5. The molecule has 1 nitrogen and oxygen atoms in total. The predicted molar refractivity (Wildman–Crippen MR) is 83.3 cm³/mol. The van der Waals surface area contributed by atoms with Crippen molar-refractivity contribution in [1.29, 1.82) is 0 Å². The van der Waals surface area contributed by atoms with Crippen molar-refractivity contribution in [1.82, 2.24) is 5.32 Å². The minimum Gasteiger partial charge on any atom is -0.313 e. The lowest BCUT2D eigenvalue weighted by atomic mass is 9.92. The Morgan fingerprint density at radius 3 is 2.24 bits per heavy atom. The molecule has 0 saturated heterocycles. The summed E-state index contributed by atoms with van der Waals surface area (Å²) in [5, 5.41) is 3.33. The maximum Gasteiger partial charge on any atom is 0.123 e. The first-order valence-electron chi connectivity index (χ1n) is 7.29. The van der Waals surface area contributed by atoms with Crippen molar-refractivity contribution in [3.63, 3.8) is 0 Å². The molecule has 0 spiro atoms. The largest absolute Gasteiger partial charge is 0.313 e. The van der Waals surface area contributed by atoms with Gasteiger partial charge in [-0.3, -0.25) is 0 Å². The molecule has 0 atom stereocenters. The van der Waals surface area contributed by atoms with Crippen LogP contribution in [0.2, 0.25) is 0 Å². The molecular weight excluding hydrogens is 268 g/mol. The van der Waals surface area contributed by atoms with E-state index >= 15 is 0 Å². The van der Waals surface area contributed by atoms with Gasteiger partial charge in [0.05, 0.1) is 0 Å². The van der Waals surface area contributed by atoms with E-state index in [1.165, 1.54) is 24.3 Å². The molecule has 0 heterocycles. The summed E-state index contributed by atoms with van der Waals surface area (Å²) in [7, 11) is 0. The zero-order valence-corrected chi connectivity index (χ0v) is 12.8. The van der Waals surface area contributed by atoms with E-state index < -0.39 is 0 Å². The molecule has 0 amide bonds. The van der Waals surface area contributed by atoms with Gasteiger partial charge in [0.1, 0.15) is 11.6 Å². The van der Waals surface area contributed by atoms with E-state index in [-0.39, 0.29) is 11.6 Å². The van der Waals surface area contributed by atoms with E-state index in [1.54, 1.807) is 6.07 Å². The molecule has 0 bridgehead atoms. The number of nitrogens with one attached hydrogen (secondary N) is 1. The highest BCUT2D eigenvalue weighted by atomic mass is 19.1. The number of benzene rings is 2. The molecule has 3 heteroatoms.